The summed E-state index contributed by atoms with van der Waals surface area (Å²) in [5.74, 6) is -5.39. The van der Waals surface area contributed by atoms with Crippen LogP contribution in [0.2, 0.25) is 0 Å². The molecule has 1 saturated heterocycles. The van der Waals surface area contributed by atoms with Crippen LogP contribution in [0.1, 0.15) is 64.9 Å². The molecule has 0 bridgehead atoms. The van der Waals surface area contributed by atoms with Crippen LogP contribution >= 0.6 is 15.9 Å². The van der Waals surface area contributed by atoms with Crippen molar-refractivity contribution in [3.05, 3.63) is 70.7 Å². The molecule has 2 fully saturated rings. The number of hydrogen-bond donors (Lipinski definition) is 1. The van der Waals surface area contributed by atoms with Gasteiger partial charge in [-0.25, -0.2) is 13.2 Å². The minimum absolute atomic E-state index is 0.0434. The molecule has 3 aromatic rings. The van der Waals surface area contributed by atoms with Gasteiger partial charge in [-0.1, -0.05) is 40.2 Å². The number of halogens is 6. The number of likely N-dealkylation sites (tertiary alicyclic amines) is 1. The van der Waals surface area contributed by atoms with Crippen molar-refractivity contribution in [3.63, 3.8) is 0 Å². The van der Waals surface area contributed by atoms with E-state index in [-0.39, 0.29) is 32.0 Å². The number of sulfonamides is 1. The number of carbonyl (C=O) groups is 2. The molecule has 3 aromatic carbocycles. The average Bonchev–Trinajstić information content (AvgIpc) is 3.56. The maximum absolute atomic E-state index is 16.7. The second kappa shape index (κ2) is 15.5. The largest absolute Gasteiger partial charge is 0.490 e. The summed E-state index contributed by atoms with van der Waals surface area (Å²) in [7, 11) is -5.41. The molecule has 1 N–H and O–H groups in total. The van der Waals surface area contributed by atoms with Crippen LogP contribution < -0.4 is 10.1 Å². The van der Waals surface area contributed by atoms with E-state index in [1.54, 1.807) is 39.0 Å². The predicted molar refractivity (Wildman–Crippen MR) is 188 cm³/mol. The van der Waals surface area contributed by atoms with E-state index in [1.165, 1.54) is 18.2 Å². The van der Waals surface area contributed by atoms with Crippen LogP contribution in [-0.4, -0.2) is 79.2 Å². The van der Waals surface area contributed by atoms with Gasteiger partial charge in [-0.3, -0.25) is 4.79 Å². The fraction of sp³-hybridized carbons (Fsp3) is 0.500. The van der Waals surface area contributed by atoms with E-state index in [2.05, 4.69) is 21.2 Å². The van der Waals surface area contributed by atoms with Gasteiger partial charge in [0.05, 0.1) is 11.0 Å². The lowest BCUT2D eigenvalue weighted by Crippen LogP contribution is -2.61. The Balaban J connectivity index is 1.50. The number of rotatable bonds is 10. The van der Waals surface area contributed by atoms with Gasteiger partial charge in [0, 0.05) is 29.2 Å². The van der Waals surface area contributed by atoms with Crippen molar-refractivity contribution in [3.8, 4) is 5.75 Å². The predicted octanol–water partition coefficient (Wildman–Crippen LogP) is 8.15. The molecule has 2 aliphatic rings. The molecule has 16 heteroatoms. The summed E-state index contributed by atoms with van der Waals surface area (Å²) in [6.07, 6.45) is -1.99. The quantitative estimate of drug-likeness (QED) is 0.207. The summed E-state index contributed by atoms with van der Waals surface area (Å²) in [4.78, 5) is 26.6. The van der Waals surface area contributed by atoms with Gasteiger partial charge in [-0.05, 0) is 106 Å². The Labute approximate surface area is 308 Å². The van der Waals surface area contributed by atoms with Crippen molar-refractivity contribution in [2.45, 2.75) is 100 Å². The standard InChI is InChI=1S/C36H41BrF5N3O6S/c1-34(2,3)51-33(47)43-27-16-18-44(19-17-27)32(46)31(36(41,42)25-10-12-26(37)13-11-25)45(22-35(38,39)40)52(48,49)30-15-9-23-20-29(14-8-24(23)21-30)50-28-6-4-5-7-28/h8-15,20-21,27-28,31H,4-7,16-19,22H2,1-3H3,(H,43,47). The Bertz CT molecular complexity index is 1860. The number of hydrogen-bond acceptors (Lipinski definition) is 6. The molecular formula is C36H41BrF5N3O6S. The number of alkyl carbamates (subject to hydrolysis) is 1. The summed E-state index contributed by atoms with van der Waals surface area (Å²) < 4.78 is 116. The number of nitrogens with one attached hydrogen (secondary N) is 1. The Hall–Kier alpha value is -3.50. The van der Waals surface area contributed by atoms with Crippen molar-refractivity contribution in [1.82, 2.24) is 14.5 Å². The van der Waals surface area contributed by atoms with Gasteiger partial charge in [0.1, 0.15) is 17.9 Å². The second-order valence-electron chi connectivity index (χ2n) is 14.1. The van der Waals surface area contributed by atoms with Crippen molar-refractivity contribution >= 4 is 48.7 Å². The maximum atomic E-state index is 16.7. The van der Waals surface area contributed by atoms with E-state index < -0.39 is 73.1 Å². The van der Waals surface area contributed by atoms with Crippen molar-refractivity contribution in [1.29, 1.82) is 0 Å². The van der Waals surface area contributed by atoms with Crippen molar-refractivity contribution in [2.24, 2.45) is 0 Å². The lowest BCUT2D eigenvalue weighted by Gasteiger charge is -2.40. The number of fused-ring (bicyclic) bond motifs is 1. The third-order valence-electron chi connectivity index (χ3n) is 8.95. The van der Waals surface area contributed by atoms with Crippen LogP contribution in [0.25, 0.3) is 10.8 Å². The third kappa shape index (κ3) is 9.72. The van der Waals surface area contributed by atoms with Crippen molar-refractivity contribution < 1.29 is 49.4 Å². The van der Waals surface area contributed by atoms with Gasteiger partial charge >= 0.3 is 12.3 Å². The molecule has 0 radical (unpaired) electrons. The zero-order valence-electron chi connectivity index (χ0n) is 28.9. The molecule has 1 atom stereocenters. The van der Waals surface area contributed by atoms with E-state index in [9.17, 15) is 31.2 Å². The van der Waals surface area contributed by atoms with Gasteiger partial charge in [-0.2, -0.15) is 26.3 Å². The van der Waals surface area contributed by atoms with Crippen LogP contribution in [0.15, 0.2) is 70.0 Å². The number of alkyl halides is 5. The molecule has 9 nitrogen and oxygen atoms in total. The van der Waals surface area contributed by atoms with Crippen LogP contribution in [0.5, 0.6) is 5.75 Å². The molecule has 1 heterocycles. The van der Waals surface area contributed by atoms with Gasteiger partial charge in [-0.15, -0.1) is 0 Å². The highest BCUT2D eigenvalue weighted by Crippen LogP contribution is 2.41. The SMILES string of the molecule is CC(C)(C)OC(=O)NC1CCN(C(=O)C(N(CC(F)(F)F)S(=O)(=O)c2ccc3cc(OC4CCCC4)ccc3c2)C(F)(F)c2ccc(Br)cc2)CC1. The lowest BCUT2D eigenvalue weighted by atomic mass is 9.97. The first-order valence-corrected chi connectivity index (χ1v) is 19.2. The third-order valence-corrected chi connectivity index (χ3v) is 11.3. The first-order chi connectivity index (χ1) is 24.2. The minimum Gasteiger partial charge on any atom is -0.490 e. The molecule has 1 saturated carbocycles. The monoisotopic (exact) mass is 817 g/mol. The molecule has 1 aliphatic heterocycles. The normalized spacial score (nSPS) is 17.4. The topological polar surface area (TPSA) is 105 Å². The van der Waals surface area contributed by atoms with Crippen LogP contribution in [0, 0.1) is 0 Å². The van der Waals surface area contributed by atoms with Gasteiger partial charge in [0.2, 0.25) is 15.9 Å². The zero-order valence-corrected chi connectivity index (χ0v) is 31.3. The Morgan fingerprint density at radius 2 is 1.50 bits per heavy atom. The van der Waals surface area contributed by atoms with Crippen LogP contribution in [0.3, 0.4) is 0 Å². The highest BCUT2D eigenvalue weighted by atomic mass is 79.9. The van der Waals surface area contributed by atoms with Gasteiger partial charge < -0.3 is 19.7 Å². The molecular weight excluding hydrogens is 777 g/mol. The molecule has 5 rings (SSSR count). The van der Waals surface area contributed by atoms with E-state index in [4.69, 9.17) is 9.47 Å². The fourth-order valence-electron chi connectivity index (χ4n) is 6.44. The zero-order chi connectivity index (χ0) is 38.1. The van der Waals surface area contributed by atoms with E-state index in [0.717, 1.165) is 54.8 Å². The second-order valence-corrected chi connectivity index (χ2v) is 16.9. The Morgan fingerprint density at radius 3 is 2.10 bits per heavy atom. The molecule has 0 spiro atoms. The first kappa shape index (κ1) is 39.7. The smallest absolute Gasteiger partial charge is 0.407 e. The molecule has 1 aliphatic carbocycles. The Morgan fingerprint density at radius 1 is 0.904 bits per heavy atom. The molecule has 284 valence electrons. The van der Waals surface area contributed by atoms with Crippen LogP contribution in [0.4, 0.5) is 26.7 Å². The van der Waals surface area contributed by atoms with Gasteiger partial charge in [0.15, 0.2) is 6.04 Å². The highest BCUT2D eigenvalue weighted by Gasteiger charge is 2.57. The number of amides is 2. The Kier molecular flexibility index (Phi) is 11.8. The summed E-state index contributed by atoms with van der Waals surface area (Å²) >= 11 is 3.13. The van der Waals surface area contributed by atoms with Gasteiger partial charge in [0.25, 0.3) is 5.92 Å². The summed E-state index contributed by atoms with van der Waals surface area (Å²) in [6.45, 7) is 2.16. The summed E-state index contributed by atoms with van der Waals surface area (Å²) in [5.41, 5.74) is -1.65. The average molecular weight is 819 g/mol. The number of ether oxygens (including phenoxy) is 2. The number of piperidine rings is 1. The first-order valence-electron chi connectivity index (χ1n) is 16.9. The van der Waals surface area contributed by atoms with E-state index in [1.807, 2.05) is 0 Å². The number of carbonyl (C=O) groups excluding carboxylic acids is 2. The molecule has 0 aromatic heterocycles. The number of nitrogens with zero attached hydrogens (tertiary/aromatic N) is 2. The highest BCUT2D eigenvalue weighted by molar-refractivity contribution is 9.10. The van der Waals surface area contributed by atoms with E-state index in [0.29, 0.717) is 21.0 Å². The minimum atomic E-state index is -5.41. The number of benzene rings is 3. The molecule has 52 heavy (non-hydrogen) atoms. The van der Waals surface area contributed by atoms with Crippen molar-refractivity contribution in [2.75, 3.05) is 19.6 Å². The molecule has 1 unspecified atom stereocenters. The fourth-order valence-corrected chi connectivity index (χ4v) is 8.31. The summed E-state index contributed by atoms with van der Waals surface area (Å²) in [5, 5.41) is 3.48. The molecule has 2 amide bonds. The summed E-state index contributed by atoms with van der Waals surface area (Å²) in [6, 6.07) is 8.95. The van der Waals surface area contributed by atoms with Crippen LogP contribution in [-0.2, 0) is 25.5 Å². The maximum Gasteiger partial charge on any atom is 0.407 e. The van der Waals surface area contributed by atoms with E-state index >= 15 is 8.78 Å². The lowest BCUT2D eigenvalue weighted by molar-refractivity contribution is -0.169.